The lowest BCUT2D eigenvalue weighted by Crippen LogP contribution is -2.11. The van der Waals surface area contributed by atoms with Gasteiger partial charge in [0.1, 0.15) is 10.8 Å². The summed E-state index contributed by atoms with van der Waals surface area (Å²) in [5, 5.41) is 3.25. The van der Waals surface area contributed by atoms with Crippen molar-refractivity contribution >= 4 is 40.2 Å². The first kappa shape index (κ1) is 12.7. The van der Waals surface area contributed by atoms with Crippen LogP contribution in [0.2, 0.25) is 5.02 Å². The maximum Gasteiger partial charge on any atom is 0.148 e. The smallest absolute Gasteiger partial charge is 0.148 e. The summed E-state index contributed by atoms with van der Waals surface area (Å²) >= 11 is 10.5. The number of pyridine rings is 1. The molecule has 0 saturated heterocycles. The van der Waals surface area contributed by atoms with Gasteiger partial charge in [0.25, 0.3) is 0 Å². The molecular formula is C12H9ClFN3S. The summed E-state index contributed by atoms with van der Waals surface area (Å²) in [6.07, 6.45) is 1.55. The van der Waals surface area contributed by atoms with Gasteiger partial charge in [-0.2, -0.15) is 0 Å². The fourth-order valence-corrected chi connectivity index (χ4v) is 1.66. The van der Waals surface area contributed by atoms with Crippen molar-refractivity contribution in [1.29, 1.82) is 0 Å². The lowest BCUT2D eigenvalue weighted by molar-refractivity contribution is 0.632. The van der Waals surface area contributed by atoms with E-state index in [0.717, 1.165) is 0 Å². The third kappa shape index (κ3) is 2.94. The monoisotopic (exact) mass is 281 g/mol. The Morgan fingerprint density at radius 3 is 2.78 bits per heavy atom. The van der Waals surface area contributed by atoms with Gasteiger partial charge in [0.15, 0.2) is 0 Å². The molecule has 0 unspecified atom stereocenters. The number of anilines is 2. The molecule has 0 radical (unpaired) electrons. The highest BCUT2D eigenvalue weighted by atomic mass is 35.5. The van der Waals surface area contributed by atoms with Gasteiger partial charge in [-0.25, -0.2) is 4.39 Å². The summed E-state index contributed by atoms with van der Waals surface area (Å²) in [5.41, 5.74) is 6.92. The van der Waals surface area contributed by atoms with Gasteiger partial charge in [0, 0.05) is 16.9 Å². The minimum absolute atomic E-state index is 0.190. The van der Waals surface area contributed by atoms with Crippen molar-refractivity contribution in [2.24, 2.45) is 5.73 Å². The van der Waals surface area contributed by atoms with Crippen LogP contribution in [0.25, 0.3) is 0 Å². The molecule has 0 amide bonds. The second-order valence-corrected chi connectivity index (χ2v) is 4.42. The van der Waals surface area contributed by atoms with E-state index in [1.807, 2.05) is 0 Å². The van der Waals surface area contributed by atoms with Crippen molar-refractivity contribution in [3.63, 3.8) is 0 Å². The molecule has 6 heteroatoms. The van der Waals surface area contributed by atoms with E-state index >= 15 is 0 Å². The molecule has 3 N–H and O–H groups in total. The van der Waals surface area contributed by atoms with Gasteiger partial charge in [-0.3, -0.25) is 4.98 Å². The van der Waals surface area contributed by atoms with Crippen LogP contribution < -0.4 is 11.1 Å². The molecule has 0 bridgehead atoms. The number of hydrogen-bond acceptors (Lipinski definition) is 3. The molecule has 0 spiro atoms. The van der Waals surface area contributed by atoms with Crippen LogP contribution in [0.3, 0.4) is 0 Å². The molecule has 0 atom stereocenters. The fraction of sp³-hybridized carbons (Fsp3) is 0. The van der Waals surface area contributed by atoms with Gasteiger partial charge in [-0.05, 0) is 30.3 Å². The summed E-state index contributed by atoms with van der Waals surface area (Å²) < 4.78 is 13.6. The molecule has 0 saturated carbocycles. The Kier molecular flexibility index (Phi) is 3.74. The van der Waals surface area contributed by atoms with E-state index < -0.39 is 5.82 Å². The molecule has 1 aromatic heterocycles. The largest absolute Gasteiger partial charge is 0.388 e. The lowest BCUT2D eigenvalue weighted by Gasteiger charge is -2.08. The van der Waals surface area contributed by atoms with Gasteiger partial charge >= 0.3 is 0 Å². The van der Waals surface area contributed by atoms with Gasteiger partial charge in [-0.15, -0.1) is 0 Å². The van der Waals surface area contributed by atoms with Gasteiger partial charge in [0.2, 0.25) is 0 Å². The Morgan fingerprint density at radius 1 is 1.33 bits per heavy atom. The van der Waals surface area contributed by atoms with Crippen LogP contribution in [0, 0.1) is 5.82 Å². The van der Waals surface area contributed by atoms with Crippen molar-refractivity contribution in [2.45, 2.75) is 0 Å². The quantitative estimate of drug-likeness (QED) is 0.848. The molecule has 18 heavy (non-hydrogen) atoms. The zero-order chi connectivity index (χ0) is 13.1. The normalized spacial score (nSPS) is 10.1. The van der Waals surface area contributed by atoms with E-state index in [4.69, 9.17) is 29.6 Å². The van der Waals surface area contributed by atoms with E-state index in [1.54, 1.807) is 30.5 Å². The first-order valence-electron chi connectivity index (χ1n) is 5.04. The minimum atomic E-state index is -0.434. The number of nitrogens with two attached hydrogens (primary N) is 1. The zero-order valence-electron chi connectivity index (χ0n) is 9.15. The van der Waals surface area contributed by atoms with E-state index in [1.165, 1.54) is 6.07 Å². The first-order chi connectivity index (χ1) is 8.56. The van der Waals surface area contributed by atoms with Crippen LogP contribution in [-0.4, -0.2) is 9.97 Å². The highest BCUT2D eigenvalue weighted by Crippen LogP contribution is 2.22. The van der Waals surface area contributed by atoms with Gasteiger partial charge < -0.3 is 11.1 Å². The summed E-state index contributed by atoms with van der Waals surface area (Å²) in [7, 11) is 0. The van der Waals surface area contributed by atoms with Gasteiger partial charge in [-0.1, -0.05) is 23.8 Å². The molecule has 92 valence electrons. The summed E-state index contributed by atoms with van der Waals surface area (Å²) in [5.74, 6) is -0.434. The highest BCUT2D eigenvalue weighted by molar-refractivity contribution is 7.80. The predicted molar refractivity (Wildman–Crippen MR) is 74.8 cm³/mol. The van der Waals surface area contributed by atoms with E-state index in [9.17, 15) is 4.39 Å². The summed E-state index contributed by atoms with van der Waals surface area (Å²) in [4.78, 5) is 4.19. The molecule has 1 heterocycles. The van der Waals surface area contributed by atoms with Gasteiger partial charge in [0.05, 0.1) is 11.4 Å². The summed E-state index contributed by atoms with van der Waals surface area (Å²) in [6, 6.07) is 7.73. The number of aromatic nitrogens is 1. The SMILES string of the molecule is NC(=S)c1cc(Nc2ccc(Cl)cc2F)ccn1. The first-order valence-corrected chi connectivity index (χ1v) is 5.83. The molecule has 2 aromatic rings. The predicted octanol–water partition coefficient (Wildman–Crippen LogP) is 3.25. The van der Waals surface area contributed by atoms with Crippen molar-refractivity contribution in [1.82, 2.24) is 4.98 Å². The average Bonchev–Trinajstić information content (AvgIpc) is 2.33. The van der Waals surface area contributed by atoms with Crippen LogP contribution in [0.1, 0.15) is 5.69 Å². The third-order valence-corrected chi connectivity index (χ3v) is 2.67. The van der Waals surface area contributed by atoms with Crippen LogP contribution >= 0.6 is 23.8 Å². The molecule has 1 aromatic carbocycles. The number of nitrogens with zero attached hydrogens (tertiary/aromatic N) is 1. The number of benzene rings is 1. The number of thiocarbonyl (C=S) groups is 1. The number of hydrogen-bond donors (Lipinski definition) is 2. The Hall–Kier alpha value is -1.72. The Balaban J connectivity index is 2.28. The average molecular weight is 282 g/mol. The van der Waals surface area contributed by atoms with E-state index in [0.29, 0.717) is 22.1 Å². The fourth-order valence-electron chi connectivity index (χ4n) is 1.39. The molecule has 3 nitrogen and oxygen atoms in total. The second-order valence-electron chi connectivity index (χ2n) is 3.54. The summed E-state index contributed by atoms with van der Waals surface area (Å²) in [6.45, 7) is 0. The van der Waals surface area contributed by atoms with Crippen molar-refractivity contribution in [2.75, 3.05) is 5.32 Å². The Bertz CT molecular complexity index is 604. The third-order valence-electron chi connectivity index (χ3n) is 2.22. The van der Waals surface area contributed by atoms with Crippen molar-refractivity contribution in [3.05, 3.63) is 53.1 Å². The van der Waals surface area contributed by atoms with Crippen molar-refractivity contribution < 1.29 is 4.39 Å². The molecule has 2 rings (SSSR count). The molecule has 0 aliphatic carbocycles. The van der Waals surface area contributed by atoms with Crippen LogP contribution in [0.5, 0.6) is 0 Å². The molecule has 0 fully saturated rings. The Labute approximate surface area is 114 Å². The standard InChI is InChI=1S/C12H9ClFN3S/c13-7-1-2-10(9(14)5-7)17-8-3-4-16-11(6-8)12(15)18/h1-6H,(H2,15,18)(H,16,17). The van der Waals surface area contributed by atoms with E-state index in [-0.39, 0.29) is 4.99 Å². The molecule has 0 aliphatic rings. The minimum Gasteiger partial charge on any atom is -0.388 e. The lowest BCUT2D eigenvalue weighted by atomic mass is 10.2. The van der Waals surface area contributed by atoms with Crippen LogP contribution in [0.15, 0.2) is 36.5 Å². The Morgan fingerprint density at radius 2 is 2.11 bits per heavy atom. The van der Waals surface area contributed by atoms with Crippen LogP contribution in [0.4, 0.5) is 15.8 Å². The van der Waals surface area contributed by atoms with Crippen molar-refractivity contribution in [3.8, 4) is 0 Å². The topological polar surface area (TPSA) is 50.9 Å². The number of nitrogens with one attached hydrogen (secondary N) is 1. The van der Waals surface area contributed by atoms with Crippen LogP contribution in [-0.2, 0) is 0 Å². The maximum atomic E-state index is 13.6. The molecular weight excluding hydrogens is 273 g/mol. The maximum absolute atomic E-state index is 13.6. The number of halogens is 2. The highest BCUT2D eigenvalue weighted by Gasteiger charge is 2.05. The van der Waals surface area contributed by atoms with E-state index in [2.05, 4.69) is 10.3 Å². The second kappa shape index (κ2) is 5.29. The zero-order valence-corrected chi connectivity index (χ0v) is 10.7. The number of rotatable bonds is 3. The molecule has 0 aliphatic heterocycles.